The van der Waals surface area contributed by atoms with Crippen LogP contribution >= 0.6 is 12.2 Å². The molecule has 0 amide bonds. The molecule has 2 rings (SSSR count). The third kappa shape index (κ3) is 2.38. The van der Waals surface area contributed by atoms with Crippen molar-refractivity contribution in [3.8, 4) is 0 Å². The average Bonchev–Trinajstić information content (AvgIpc) is 2.74. The predicted octanol–water partition coefficient (Wildman–Crippen LogP) is 2.27. The highest BCUT2D eigenvalue weighted by atomic mass is 32.1. The van der Waals surface area contributed by atoms with Gasteiger partial charge >= 0.3 is 0 Å². The molecule has 76 valence electrons. The highest BCUT2D eigenvalue weighted by Gasteiger charge is 1.99. The zero-order chi connectivity index (χ0) is 10.7. The van der Waals surface area contributed by atoms with Crippen LogP contribution in [-0.4, -0.2) is 14.9 Å². The minimum atomic E-state index is -0.273. The fourth-order valence-corrected chi connectivity index (χ4v) is 1.33. The van der Waals surface area contributed by atoms with Crippen molar-refractivity contribution in [2.45, 2.75) is 0 Å². The van der Waals surface area contributed by atoms with Crippen LogP contribution in [0.25, 0.3) is 0 Å². The Morgan fingerprint density at radius 2 is 2.07 bits per heavy atom. The molecule has 0 saturated heterocycles. The van der Waals surface area contributed by atoms with E-state index in [4.69, 9.17) is 12.2 Å². The van der Waals surface area contributed by atoms with Crippen molar-refractivity contribution in [2.75, 3.05) is 5.32 Å². The largest absolute Gasteiger partial charge is 0.331 e. The number of anilines is 1. The molecule has 15 heavy (non-hydrogen) atoms. The minimum absolute atomic E-state index is 0.273. The lowest BCUT2D eigenvalue weighted by molar-refractivity contribution is 0.628. The molecule has 0 unspecified atom stereocenters. The Labute approximate surface area is 91.5 Å². The van der Waals surface area contributed by atoms with Crippen LogP contribution in [0.3, 0.4) is 0 Å². The van der Waals surface area contributed by atoms with E-state index >= 15 is 0 Å². The zero-order valence-electron chi connectivity index (χ0n) is 7.72. The van der Waals surface area contributed by atoms with Gasteiger partial charge in [-0.15, -0.1) is 0 Å². The number of hydrogen-bond acceptors (Lipinski definition) is 2. The molecule has 0 fully saturated rings. The van der Waals surface area contributed by atoms with Crippen LogP contribution in [-0.2, 0) is 0 Å². The second-order valence-electron chi connectivity index (χ2n) is 2.89. The Hall–Kier alpha value is -1.75. The molecule has 0 aliphatic rings. The standard InChI is InChI=1S/C10H8FN3S/c11-8-2-4-9(5-3-8)13-10(15)14-7-1-6-12-14/h1-7H,(H,13,15). The Bertz CT molecular complexity index is 450. The maximum atomic E-state index is 12.6. The van der Waals surface area contributed by atoms with Crippen molar-refractivity contribution in [1.82, 2.24) is 9.78 Å². The number of thiocarbonyl (C=S) groups is 1. The van der Waals surface area contributed by atoms with Gasteiger partial charge in [0.15, 0.2) is 5.11 Å². The highest BCUT2D eigenvalue weighted by Crippen LogP contribution is 2.08. The van der Waals surface area contributed by atoms with Crippen molar-refractivity contribution in [2.24, 2.45) is 0 Å². The van der Waals surface area contributed by atoms with E-state index in [2.05, 4.69) is 10.4 Å². The number of nitrogens with one attached hydrogen (secondary N) is 1. The molecule has 1 heterocycles. The lowest BCUT2D eigenvalue weighted by Gasteiger charge is -2.06. The van der Waals surface area contributed by atoms with Crippen LogP contribution in [0.15, 0.2) is 42.7 Å². The van der Waals surface area contributed by atoms with Crippen LogP contribution in [0.1, 0.15) is 0 Å². The van der Waals surface area contributed by atoms with Crippen LogP contribution in [0.4, 0.5) is 10.1 Å². The van der Waals surface area contributed by atoms with E-state index in [0.29, 0.717) is 5.11 Å². The first-order valence-electron chi connectivity index (χ1n) is 4.32. The maximum Gasteiger partial charge on any atom is 0.198 e. The summed E-state index contributed by atoms with van der Waals surface area (Å²) in [6, 6.07) is 7.75. The van der Waals surface area contributed by atoms with E-state index in [-0.39, 0.29) is 5.82 Å². The number of aromatic nitrogens is 2. The number of benzene rings is 1. The number of halogens is 1. The van der Waals surface area contributed by atoms with Gasteiger partial charge in [-0.1, -0.05) is 0 Å². The summed E-state index contributed by atoms with van der Waals surface area (Å²) < 4.78 is 14.1. The van der Waals surface area contributed by atoms with Crippen LogP contribution in [0, 0.1) is 5.82 Å². The first kappa shape index (κ1) is 9.79. The van der Waals surface area contributed by atoms with E-state index in [9.17, 15) is 4.39 Å². The van der Waals surface area contributed by atoms with Gasteiger partial charge in [0.25, 0.3) is 0 Å². The maximum absolute atomic E-state index is 12.6. The van der Waals surface area contributed by atoms with E-state index in [1.165, 1.54) is 16.8 Å². The summed E-state index contributed by atoms with van der Waals surface area (Å²) in [5.41, 5.74) is 0.733. The third-order valence-corrected chi connectivity index (χ3v) is 2.10. The highest BCUT2D eigenvalue weighted by molar-refractivity contribution is 7.80. The van der Waals surface area contributed by atoms with E-state index in [1.54, 1.807) is 30.6 Å². The van der Waals surface area contributed by atoms with Crippen LogP contribution in [0.5, 0.6) is 0 Å². The Morgan fingerprint density at radius 1 is 1.33 bits per heavy atom. The molecule has 0 radical (unpaired) electrons. The second-order valence-corrected chi connectivity index (χ2v) is 3.27. The van der Waals surface area contributed by atoms with Crippen molar-refractivity contribution in [3.63, 3.8) is 0 Å². The summed E-state index contributed by atoms with van der Waals surface area (Å²) in [4.78, 5) is 0. The van der Waals surface area contributed by atoms with E-state index in [0.717, 1.165) is 5.69 Å². The molecular formula is C10H8FN3S. The van der Waals surface area contributed by atoms with Gasteiger partial charge in [0.05, 0.1) is 0 Å². The predicted molar refractivity (Wildman–Crippen MR) is 60.2 cm³/mol. The summed E-state index contributed by atoms with van der Waals surface area (Å²) in [5, 5.41) is 7.36. The number of hydrogen-bond donors (Lipinski definition) is 1. The summed E-state index contributed by atoms with van der Waals surface area (Å²) in [6.45, 7) is 0. The van der Waals surface area contributed by atoms with Gasteiger partial charge in [0, 0.05) is 18.1 Å². The average molecular weight is 221 g/mol. The molecule has 0 atom stereocenters. The molecule has 0 spiro atoms. The van der Waals surface area contributed by atoms with Gasteiger partial charge in [-0.25, -0.2) is 9.07 Å². The molecule has 1 aromatic heterocycles. The Balaban J connectivity index is 2.09. The van der Waals surface area contributed by atoms with Gasteiger partial charge in [0.1, 0.15) is 5.82 Å². The monoisotopic (exact) mass is 221 g/mol. The number of nitrogens with zero attached hydrogens (tertiary/aromatic N) is 2. The van der Waals surface area contributed by atoms with Gasteiger partial charge < -0.3 is 5.32 Å². The minimum Gasteiger partial charge on any atom is -0.331 e. The molecule has 3 nitrogen and oxygen atoms in total. The first-order valence-corrected chi connectivity index (χ1v) is 4.73. The number of rotatable bonds is 1. The van der Waals surface area contributed by atoms with Crippen molar-refractivity contribution in [3.05, 3.63) is 48.5 Å². The third-order valence-electron chi connectivity index (χ3n) is 1.81. The summed E-state index contributed by atoms with van der Waals surface area (Å²) in [6.07, 6.45) is 3.37. The van der Waals surface area contributed by atoms with Crippen molar-refractivity contribution >= 4 is 23.0 Å². The molecule has 0 aliphatic heterocycles. The van der Waals surface area contributed by atoms with Gasteiger partial charge in [-0.3, -0.25) is 0 Å². The molecule has 1 aromatic carbocycles. The Kier molecular flexibility index (Phi) is 2.73. The SMILES string of the molecule is Fc1ccc(NC(=S)n2cccn2)cc1. The van der Waals surface area contributed by atoms with Crippen molar-refractivity contribution < 1.29 is 4.39 Å². The molecule has 0 bridgehead atoms. The lowest BCUT2D eigenvalue weighted by atomic mass is 10.3. The van der Waals surface area contributed by atoms with Gasteiger partial charge in [-0.2, -0.15) is 5.10 Å². The smallest absolute Gasteiger partial charge is 0.198 e. The molecule has 1 N–H and O–H groups in total. The first-order chi connectivity index (χ1) is 7.25. The van der Waals surface area contributed by atoms with Gasteiger partial charge in [-0.05, 0) is 42.5 Å². The van der Waals surface area contributed by atoms with Crippen LogP contribution in [0.2, 0.25) is 0 Å². The normalized spacial score (nSPS) is 9.93. The summed E-state index contributed by atoms with van der Waals surface area (Å²) >= 11 is 5.08. The fraction of sp³-hybridized carbons (Fsp3) is 0. The van der Waals surface area contributed by atoms with E-state index in [1.807, 2.05) is 0 Å². The second kappa shape index (κ2) is 4.18. The molecule has 5 heteroatoms. The quantitative estimate of drug-likeness (QED) is 0.749. The van der Waals surface area contributed by atoms with Crippen molar-refractivity contribution in [1.29, 1.82) is 0 Å². The Morgan fingerprint density at radius 3 is 2.67 bits per heavy atom. The van der Waals surface area contributed by atoms with E-state index < -0.39 is 0 Å². The topological polar surface area (TPSA) is 29.9 Å². The zero-order valence-corrected chi connectivity index (χ0v) is 8.54. The molecule has 0 aliphatic carbocycles. The summed E-state index contributed by atoms with van der Waals surface area (Å²) in [5.74, 6) is -0.273. The summed E-state index contributed by atoms with van der Waals surface area (Å²) in [7, 11) is 0. The molecular weight excluding hydrogens is 213 g/mol. The van der Waals surface area contributed by atoms with Gasteiger partial charge in [0.2, 0.25) is 0 Å². The molecule has 0 saturated carbocycles. The fourth-order valence-electron chi connectivity index (χ4n) is 1.10. The van der Waals surface area contributed by atoms with Crippen LogP contribution < -0.4 is 5.32 Å². The molecule has 2 aromatic rings. The lowest BCUT2D eigenvalue weighted by Crippen LogP contribution is -2.19.